The molecule has 1 aliphatic rings. The van der Waals surface area contributed by atoms with E-state index in [1.165, 1.54) is 0 Å². The van der Waals surface area contributed by atoms with E-state index in [4.69, 9.17) is 5.73 Å². The number of hydrogen-bond donors (Lipinski definition) is 2. The van der Waals surface area contributed by atoms with Crippen molar-refractivity contribution in [2.75, 3.05) is 11.9 Å². The lowest BCUT2D eigenvalue weighted by Gasteiger charge is -2.17. The molecule has 1 fully saturated rings. The van der Waals surface area contributed by atoms with E-state index >= 15 is 0 Å². The van der Waals surface area contributed by atoms with Crippen molar-refractivity contribution >= 4 is 22.6 Å². The minimum atomic E-state index is 0.0394. The summed E-state index contributed by atoms with van der Waals surface area (Å²) >= 11 is 0. The number of nitrogens with two attached hydrogens (primary N) is 1. The quantitative estimate of drug-likeness (QED) is 0.893. The highest BCUT2D eigenvalue weighted by molar-refractivity contribution is 5.94. The number of nitrogens with zero attached hydrogens (tertiary/aromatic N) is 2. The lowest BCUT2D eigenvalue weighted by atomic mass is 9.95. The molecule has 2 aromatic rings. The molecule has 0 aliphatic heterocycles. The number of hydrogen-bond acceptors (Lipinski definition) is 4. The van der Waals surface area contributed by atoms with E-state index in [1.54, 1.807) is 12.4 Å². The van der Waals surface area contributed by atoms with Crippen LogP contribution in [0.15, 0.2) is 30.6 Å². The van der Waals surface area contributed by atoms with Crippen molar-refractivity contribution in [3.63, 3.8) is 0 Å². The zero-order valence-corrected chi connectivity index (χ0v) is 11.2. The third-order valence-corrected chi connectivity index (χ3v) is 4.04. The molecule has 1 heterocycles. The van der Waals surface area contributed by atoms with E-state index in [2.05, 4.69) is 15.3 Å². The van der Waals surface area contributed by atoms with Gasteiger partial charge in [0.05, 0.1) is 11.0 Å². The molecule has 0 radical (unpaired) electrons. The van der Waals surface area contributed by atoms with E-state index in [-0.39, 0.29) is 11.8 Å². The van der Waals surface area contributed by atoms with Crippen molar-refractivity contribution in [2.24, 2.45) is 17.6 Å². The van der Waals surface area contributed by atoms with Crippen LogP contribution in [0.5, 0.6) is 0 Å². The Labute approximate surface area is 117 Å². The number of anilines is 1. The van der Waals surface area contributed by atoms with Gasteiger partial charge in [-0.05, 0) is 43.5 Å². The Hall–Kier alpha value is -2.01. The molecule has 1 saturated carbocycles. The van der Waals surface area contributed by atoms with Crippen molar-refractivity contribution < 1.29 is 4.79 Å². The Morgan fingerprint density at radius 3 is 2.85 bits per heavy atom. The van der Waals surface area contributed by atoms with Crippen LogP contribution in [0.3, 0.4) is 0 Å². The topological polar surface area (TPSA) is 80.9 Å². The Balaban J connectivity index is 1.77. The number of amides is 1. The molecule has 1 amide bonds. The lowest BCUT2D eigenvalue weighted by Crippen LogP contribution is -2.29. The largest absolute Gasteiger partial charge is 0.330 e. The summed E-state index contributed by atoms with van der Waals surface area (Å²) in [7, 11) is 0. The van der Waals surface area contributed by atoms with E-state index in [1.807, 2.05) is 18.2 Å². The zero-order valence-electron chi connectivity index (χ0n) is 11.2. The number of benzene rings is 1. The highest BCUT2D eigenvalue weighted by atomic mass is 16.1. The van der Waals surface area contributed by atoms with Crippen molar-refractivity contribution in [2.45, 2.75) is 19.3 Å². The molecule has 3 rings (SSSR count). The van der Waals surface area contributed by atoms with Crippen LogP contribution in [0.25, 0.3) is 11.0 Å². The Morgan fingerprint density at radius 2 is 2.05 bits per heavy atom. The van der Waals surface area contributed by atoms with E-state index in [0.717, 1.165) is 36.0 Å². The van der Waals surface area contributed by atoms with Crippen LogP contribution >= 0.6 is 0 Å². The summed E-state index contributed by atoms with van der Waals surface area (Å²) in [5.74, 6) is 0.425. The first-order valence-electron chi connectivity index (χ1n) is 6.99. The Bertz CT molecular complexity index is 628. The fourth-order valence-corrected chi connectivity index (χ4v) is 2.94. The van der Waals surface area contributed by atoms with Gasteiger partial charge < -0.3 is 11.1 Å². The van der Waals surface area contributed by atoms with Gasteiger partial charge in [0.25, 0.3) is 0 Å². The second-order valence-electron chi connectivity index (χ2n) is 5.28. The molecular formula is C15H18N4O. The number of carbonyl (C=O) groups is 1. The van der Waals surface area contributed by atoms with Gasteiger partial charge in [0.1, 0.15) is 0 Å². The van der Waals surface area contributed by atoms with Crippen LogP contribution in [-0.4, -0.2) is 22.4 Å². The Kier molecular flexibility index (Phi) is 3.60. The number of nitrogens with one attached hydrogen (secondary N) is 1. The van der Waals surface area contributed by atoms with E-state index in [9.17, 15) is 4.79 Å². The first kappa shape index (κ1) is 13.0. The van der Waals surface area contributed by atoms with Gasteiger partial charge in [-0.3, -0.25) is 14.8 Å². The minimum absolute atomic E-state index is 0.0394. The fraction of sp³-hybridized carbons (Fsp3) is 0.400. The fourth-order valence-electron chi connectivity index (χ4n) is 2.94. The average molecular weight is 270 g/mol. The van der Waals surface area contributed by atoms with Crippen molar-refractivity contribution in [3.8, 4) is 0 Å². The maximum atomic E-state index is 12.3. The zero-order chi connectivity index (χ0) is 13.9. The molecule has 104 valence electrons. The predicted molar refractivity (Wildman–Crippen MR) is 78.1 cm³/mol. The summed E-state index contributed by atoms with van der Waals surface area (Å²) in [6.45, 7) is 0.585. The SMILES string of the molecule is NCC1CCCC1C(=O)Nc1ccc2nccnc2c1. The summed E-state index contributed by atoms with van der Waals surface area (Å²) < 4.78 is 0. The second kappa shape index (κ2) is 5.54. The molecule has 0 bridgehead atoms. The number of fused-ring (bicyclic) bond motifs is 1. The third kappa shape index (κ3) is 2.49. The molecule has 0 spiro atoms. The van der Waals surface area contributed by atoms with Gasteiger partial charge in [-0.2, -0.15) is 0 Å². The predicted octanol–water partition coefficient (Wildman–Crippen LogP) is 1.94. The molecule has 1 aromatic carbocycles. The first-order chi connectivity index (χ1) is 9.78. The Morgan fingerprint density at radius 1 is 1.25 bits per heavy atom. The lowest BCUT2D eigenvalue weighted by molar-refractivity contribution is -0.120. The van der Waals surface area contributed by atoms with Gasteiger partial charge in [0.2, 0.25) is 5.91 Å². The molecule has 20 heavy (non-hydrogen) atoms. The van der Waals surface area contributed by atoms with Gasteiger partial charge in [-0.25, -0.2) is 0 Å². The summed E-state index contributed by atoms with van der Waals surface area (Å²) in [4.78, 5) is 20.8. The molecule has 2 unspecified atom stereocenters. The van der Waals surface area contributed by atoms with Crippen LogP contribution in [0.1, 0.15) is 19.3 Å². The van der Waals surface area contributed by atoms with Crippen LogP contribution in [0.2, 0.25) is 0 Å². The van der Waals surface area contributed by atoms with Crippen LogP contribution in [0.4, 0.5) is 5.69 Å². The normalized spacial score (nSPS) is 22.1. The average Bonchev–Trinajstić information content (AvgIpc) is 2.95. The summed E-state index contributed by atoms with van der Waals surface area (Å²) in [5.41, 5.74) is 8.11. The number of carbonyl (C=O) groups excluding carboxylic acids is 1. The molecule has 2 atom stereocenters. The smallest absolute Gasteiger partial charge is 0.227 e. The van der Waals surface area contributed by atoms with Crippen LogP contribution < -0.4 is 11.1 Å². The maximum absolute atomic E-state index is 12.3. The molecule has 0 saturated heterocycles. The van der Waals surface area contributed by atoms with Crippen LogP contribution in [0, 0.1) is 11.8 Å². The van der Waals surface area contributed by atoms with Crippen molar-refractivity contribution in [1.82, 2.24) is 9.97 Å². The highest BCUT2D eigenvalue weighted by Gasteiger charge is 2.31. The van der Waals surface area contributed by atoms with Gasteiger partial charge >= 0.3 is 0 Å². The van der Waals surface area contributed by atoms with Gasteiger partial charge in [0, 0.05) is 24.0 Å². The number of rotatable bonds is 3. The molecule has 5 nitrogen and oxygen atoms in total. The first-order valence-corrected chi connectivity index (χ1v) is 6.99. The van der Waals surface area contributed by atoms with Crippen molar-refractivity contribution in [3.05, 3.63) is 30.6 Å². The van der Waals surface area contributed by atoms with Crippen LogP contribution in [-0.2, 0) is 4.79 Å². The minimum Gasteiger partial charge on any atom is -0.330 e. The number of aromatic nitrogens is 2. The second-order valence-corrected chi connectivity index (χ2v) is 5.28. The summed E-state index contributed by atoms with van der Waals surface area (Å²) in [6, 6.07) is 5.58. The summed E-state index contributed by atoms with van der Waals surface area (Å²) in [5, 5.41) is 2.98. The van der Waals surface area contributed by atoms with Crippen molar-refractivity contribution in [1.29, 1.82) is 0 Å². The highest BCUT2D eigenvalue weighted by Crippen LogP contribution is 2.32. The standard InChI is InChI=1S/C15H18N4O/c16-9-10-2-1-3-12(10)15(20)19-11-4-5-13-14(8-11)18-7-6-17-13/h4-8,10,12H,1-3,9,16H2,(H,19,20). The molecule has 1 aliphatic carbocycles. The van der Waals surface area contributed by atoms with E-state index in [0.29, 0.717) is 12.5 Å². The van der Waals surface area contributed by atoms with Gasteiger partial charge in [0.15, 0.2) is 0 Å². The molecular weight excluding hydrogens is 252 g/mol. The van der Waals surface area contributed by atoms with E-state index < -0.39 is 0 Å². The molecule has 1 aromatic heterocycles. The summed E-state index contributed by atoms with van der Waals surface area (Å²) in [6.07, 6.45) is 6.38. The molecule has 5 heteroatoms. The van der Waals surface area contributed by atoms with Gasteiger partial charge in [-0.15, -0.1) is 0 Å². The monoisotopic (exact) mass is 270 g/mol. The third-order valence-electron chi connectivity index (χ3n) is 4.04. The maximum Gasteiger partial charge on any atom is 0.227 e. The van der Waals surface area contributed by atoms with Gasteiger partial charge in [-0.1, -0.05) is 6.42 Å². The molecule has 3 N–H and O–H groups in total.